The van der Waals surface area contributed by atoms with E-state index in [4.69, 9.17) is 0 Å². The second-order valence-corrected chi connectivity index (χ2v) is 2.52. The molecule has 0 saturated heterocycles. The van der Waals surface area contributed by atoms with Crippen LogP contribution in [-0.4, -0.2) is 16.7 Å². The van der Waals surface area contributed by atoms with Gasteiger partial charge in [0.05, 0.1) is 5.69 Å². The van der Waals surface area contributed by atoms with Gasteiger partial charge in [0.25, 0.3) is 0 Å². The number of Topliss-reactive ketones (excluding diaryl/α,β-unsaturated/α-hetero) is 1. The first kappa shape index (κ1) is 8.52. The lowest BCUT2D eigenvalue weighted by Crippen LogP contribution is -2.06. The van der Waals surface area contributed by atoms with Crippen LogP contribution >= 0.6 is 0 Å². The molecule has 0 aromatic carbocycles. The summed E-state index contributed by atoms with van der Waals surface area (Å²) in [5.41, 5.74) is 0.499. The first-order chi connectivity index (χ1) is 5.59. The maximum atomic E-state index is 10.8. The molecule has 0 saturated carbocycles. The third kappa shape index (κ3) is 1.95. The Kier molecular flexibility index (Phi) is 2.28. The lowest BCUT2D eigenvalue weighted by Gasteiger charge is -1.95. The molecule has 0 aliphatic rings. The van der Waals surface area contributed by atoms with E-state index in [1.165, 1.54) is 13.8 Å². The summed E-state index contributed by atoms with van der Waals surface area (Å²) in [6, 6.07) is 3.28. The molecule has 0 unspecified atom stereocenters. The maximum absolute atomic E-state index is 10.8. The maximum Gasteiger partial charge on any atom is 0.222 e. The van der Waals surface area contributed by atoms with Gasteiger partial charge in [-0.1, -0.05) is 0 Å². The first-order valence-corrected chi connectivity index (χ1v) is 3.57. The van der Waals surface area contributed by atoms with E-state index in [-0.39, 0.29) is 11.7 Å². The van der Waals surface area contributed by atoms with Crippen LogP contribution in [0.3, 0.4) is 0 Å². The lowest BCUT2D eigenvalue weighted by molar-refractivity contribution is -0.114. The van der Waals surface area contributed by atoms with Gasteiger partial charge in [0, 0.05) is 13.8 Å². The minimum Gasteiger partial charge on any atom is -0.339 e. The third-order valence-corrected chi connectivity index (χ3v) is 1.38. The highest BCUT2D eigenvalue weighted by molar-refractivity contribution is 5.94. The van der Waals surface area contributed by atoms with Crippen LogP contribution in [-0.2, 0) is 4.79 Å². The van der Waals surface area contributed by atoms with Crippen molar-refractivity contribution in [2.45, 2.75) is 13.8 Å². The first-order valence-electron chi connectivity index (χ1n) is 3.57. The predicted octanol–water partition coefficient (Wildman–Crippen LogP) is 1.18. The van der Waals surface area contributed by atoms with Crippen molar-refractivity contribution in [3.05, 3.63) is 17.8 Å². The Bertz CT molecular complexity index is 315. The summed E-state index contributed by atoms with van der Waals surface area (Å²) >= 11 is 0. The monoisotopic (exact) mass is 166 g/mol. The molecule has 1 amide bonds. The lowest BCUT2D eigenvalue weighted by atomic mass is 10.3. The Balaban J connectivity index is 2.77. The van der Waals surface area contributed by atoms with Crippen LogP contribution in [0.1, 0.15) is 24.3 Å². The van der Waals surface area contributed by atoms with Gasteiger partial charge in [-0.3, -0.25) is 9.59 Å². The molecule has 1 aromatic heterocycles. The third-order valence-electron chi connectivity index (χ3n) is 1.38. The second-order valence-electron chi connectivity index (χ2n) is 2.52. The fourth-order valence-corrected chi connectivity index (χ4v) is 0.863. The Morgan fingerprint density at radius 2 is 2.00 bits per heavy atom. The molecular weight excluding hydrogens is 156 g/mol. The number of rotatable bonds is 2. The molecule has 0 spiro atoms. The molecule has 0 atom stereocenters. The van der Waals surface area contributed by atoms with Gasteiger partial charge in [-0.25, -0.2) is 0 Å². The van der Waals surface area contributed by atoms with E-state index in [1.807, 2.05) is 0 Å². The summed E-state index contributed by atoms with van der Waals surface area (Å²) in [5.74, 6) is 0.339. The number of anilines is 1. The van der Waals surface area contributed by atoms with Crippen LogP contribution in [0.4, 0.5) is 5.82 Å². The van der Waals surface area contributed by atoms with E-state index in [0.29, 0.717) is 11.5 Å². The van der Waals surface area contributed by atoms with Crippen molar-refractivity contribution in [3.8, 4) is 0 Å². The molecule has 4 nitrogen and oxygen atoms in total. The molecule has 0 aliphatic carbocycles. The summed E-state index contributed by atoms with van der Waals surface area (Å²) in [4.78, 5) is 24.1. The van der Waals surface area contributed by atoms with Crippen LogP contribution < -0.4 is 5.32 Å². The SMILES string of the molecule is CC(=O)Nc1ccc(C(C)=O)[nH]1. The normalized spacial score (nSPS) is 9.50. The van der Waals surface area contributed by atoms with E-state index in [2.05, 4.69) is 10.3 Å². The number of aromatic amines is 1. The van der Waals surface area contributed by atoms with E-state index in [0.717, 1.165) is 0 Å². The van der Waals surface area contributed by atoms with E-state index < -0.39 is 0 Å². The fourth-order valence-electron chi connectivity index (χ4n) is 0.863. The van der Waals surface area contributed by atoms with Gasteiger partial charge in [-0.2, -0.15) is 0 Å². The van der Waals surface area contributed by atoms with Gasteiger partial charge in [-0.15, -0.1) is 0 Å². The number of hydrogen-bond donors (Lipinski definition) is 2. The van der Waals surface area contributed by atoms with Gasteiger partial charge in [-0.05, 0) is 12.1 Å². The van der Waals surface area contributed by atoms with Gasteiger partial charge in [0.15, 0.2) is 5.78 Å². The number of amides is 1. The minimum absolute atomic E-state index is 0.0494. The van der Waals surface area contributed by atoms with Crippen LogP contribution in [0.25, 0.3) is 0 Å². The summed E-state index contributed by atoms with van der Waals surface area (Å²) in [5, 5.41) is 2.53. The van der Waals surface area contributed by atoms with E-state index in [9.17, 15) is 9.59 Å². The number of nitrogens with one attached hydrogen (secondary N) is 2. The molecule has 0 bridgehead atoms. The van der Waals surface area contributed by atoms with Crippen molar-refractivity contribution in [3.63, 3.8) is 0 Å². The van der Waals surface area contributed by atoms with Crippen molar-refractivity contribution in [2.75, 3.05) is 5.32 Å². The molecule has 1 heterocycles. The molecule has 4 heteroatoms. The molecule has 12 heavy (non-hydrogen) atoms. The molecule has 1 aromatic rings. The van der Waals surface area contributed by atoms with Crippen LogP contribution in [0, 0.1) is 0 Å². The average molecular weight is 166 g/mol. The van der Waals surface area contributed by atoms with Gasteiger partial charge < -0.3 is 10.3 Å². The summed E-state index contributed by atoms with van der Waals surface area (Å²) in [6.45, 7) is 2.87. The van der Waals surface area contributed by atoms with Crippen LogP contribution in [0.15, 0.2) is 12.1 Å². The fraction of sp³-hybridized carbons (Fsp3) is 0.250. The average Bonchev–Trinajstić information content (AvgIpc) is 2.34. The molecular formula is C8H10N2O2. The number of carbonyl (C=O) groups excluding carboxylic acids is 2. The van der Waals surface area contributed by atoms with Crippen molar-refractivity contribution in [2.24, 2.45) is 0 Å². The van der Waals surface area contributed by atoms with Gasteiger partial charge in [0.2, 0.25) is 5.91 Å². The zero-order valence-electron chi connectivity index (χ0n) is 6.97. The predicted molar refractivity (Wildman–Crippen MR) is 45.1 cm³/mol. The smallest absolute Gasteiger partial charge is 0.222 e. The Morgan fingerprint density at radius 1 is 1.33 bits per heavy atom. The quantitative estimate of drug-likeness (QED) is 0.648. The Hall–Kier alpha value is -1.58. The van der Waals surface area contributed by atoms with Crippen molar-refractivity contribution < 1.29 is 9.59 Å². The number of aromatic nitrogens is 1. The largest absolute Gasteiger partial charge is 0.339 e. The Morgan fingerprint density at radius 3 is 2.42 bits per heavy atom. The van der Waals surface area contributed by atoms with E-state index >= 15 is 0 Å². The van der Waals surface area contributed by atoms with Gasteiger partial charge >= 0.3 is 0 Å². The standard InChI is InChI=1S/C8H10N2O2/c1-5(11)7-3-4-8(10-7)9-6(2)12/h3-4,10H,1-2H3,(H,9,12). The molecule has 0 radical (unpaired) electrons. The number of ketones is 1. The second kappa shape index (κ2) is 3.21. The highest BCUT2D eigenvalue weighted by Crippen LogP contribution is 2.07. The summed E-state index contributed by atoms with van der Waals surface area (Å²) < 4.78 is 0. The van der Waals surface area contributed by atoms with Crippen LogP contribution in [0.2, 0.25) is 0 Å². The zero-order chi connectivity index (χ0) is 9.14. The number of carbonyl (C=O) groups is 2. The Labute approximate surface area is 70.0 Å². The molecule has 64 valence electrons. The molecule has 2 N–H and O–H groups in total. The van der Waals surface area contributed by atoms with Gasteiger partial charge in [0.1, 0.15) is 5.82 Å². The molecule has 1 rings (SSSR count). The highest BCUT2D eigenvalue weighted by atomic mass is 16.1. The highest BCUT2D eigenvalue weighted by Gasteiger charge is 2.02. The zero-order valence-corrected chi connectivity index (χ0v) is 6.97. The van der Waals surface area contributed by atoms with Crippen LogP contribution in [0.5, 0.6) is 0 Å². The molecule has 0 aliphatic heterocycles. The van der Waals surface area contributed by atoms with Crippen molar-refractivity contribution in [1.82, 2.24) is 4.98 Å². The van der Waals surface area contributed by atoms with Crippen molar-refractivity contribution >= 4 is 17.5 Å². The summed E-state index contributed by atoms with van der Waals surface area (Å²) in [7, 11) is 0. The summed E-state index contributed by atoms with van der Waals surface area (Å²) in [6.07, 6.45) is 0. The minimum atomic E-state index is -0.160. The molecule has 0 fully saturated rings. The number of H-pyrrole nitrogens is 1. The van der Waals surface area contributed by atoms with Crippen molar-refractivity contribution in [1.29, 1.82) is 0 Å². The topological polar surface area (TPSA) is 62.0 Å². The van der Waals surface area contributed by atoms with E-state index in [1.54, 1.807) is 12.1 Å². The number of hydrogen-bond acceptors (Lipinski definition) is 2.